The summed E-state index contributed by atoms with van der Waals surface area (Å²) in [5, 5.41) is 8.90. The van der Waals surface area contributed by atoms with E-state index in [1.165, 1.54) is 11.1 Å². The van der Waals surface area contributed by atoms with Gasteiger partial charge in [0, 0.05) is 0 Å². The van der Waals surface area contributed by atoms with Crippen LogP contribution in [-0.4, -0.2) is 17.7 Å². The summed E-state index contributed by atoms with van der Waals surface area (Å²) in [5.74, 6) is 1.10. The highest BCUT2D eigenvalue weighted by Crippen LogP contribution is 2.42. The first-order chi connectivity index (χ1) is 9.47. The van der Waals surface area contributed by atoms with Crippen molar-refractivity contribution in [3.05, 3.63) is 29.3 Å². The zero-order chi connectivity index (χ0) is 14.7. The Morgan fingerprint density at radius 1 is 1.45 bits per heavy atom. The monoisotopic (exact) mass is 276 g/mol. The minimum atomic E-state index is -0.635. The lowest BCUT2D eigenvalue weighted by molar-refractivity contribution is -0.138. The Hall–Kier alpha value is -1.51. The zero-order valence-electron chi connectivity index (χ0n) is 12.6. The molecule has 0 saturated heterocycles. The molecule has 1 saturated carbocycles. The number of aryl methyl sites for hydroxylation is 2. The van der Waals surface area contributed by atoms with Gasteiger partial charge in [-0.15, -0.1) is 0 Å². The van der Waals surface area contributed by atoms with Gasteiger partial charge in [-0.2, -0.15) is 0 Å². The van der Waals surface area contributed by atoms with Gasteiger partial charge in [0.25, 0.3) is 0 Å². The summed E-state index contributed by atoms with van der Waals surface area (Å²) in [6.07, 6.45) is 2.79. The van der Waals surface area contributed by atoms with Gasteiger partial charge in [0.05, 0.1) is 12.5 Å². The average molecular weight is 276 g/mol. The third-order valence-electron chi connectivity index (χ3n) is 3.92. The van der Waals surface area contributed by atoms with E-state index in [0.29, 0.717) is 11.8 Å². The Labute approximate surface area is 121 Å². The Morgan fingerprint density at radius 2 is 2.20 bits per heavy atom. The molecule has 1 aromatic rings. The van der Waals surface area contributed by atoms with Crippen molar-refractivity contribution in [2.45, 2.75) is 40.0 Å². The number of benzene rings is 1. The molecule has 1 fully saturated rings. The van der Waals surface area contributed by atoms with Crippen molar-refractivity contribution < 1.29 is 14.6 Å². The first kappa shape index (κ1) is 14.9. The van der Waals surface area contributed by atoms with Crippen molar-refractivity contribution in [2.24, 2.45) is 17.8 Å². The molecule has 110 valence electrons. The second-order valence-corrected chi connectivity index (χ2v) is 6.27. The van der Waals surface area contributed by atoms with Gasteiger partial charge in [-0.3, -0.25) is 4.79 Å². The van der Waals surface area contributed by atoms with Gasteiger partial charge < -0.3 is 9.84 Å². The molecule has 3 nitrogen and oxygen atoms in total. The van der Waals surface area contributed by atoms with Gasteiger partial charge in [-0.1, -0.05) is 19.9 Å². The molecule has 0 aromatic heterocycles. The van der Waals surface area contributed by atoms with Crippen LogP contribution in [0.2, 0.25) is 0 Å². The van der Waals surface area contributed by atoms with Crippen molar-refractivity contribution in [2.75, 3.05) is 6.61 Å². The lowest BCUT2D eigenvalue weighted by atomic mass is 10.0. The van der Waals surface area contributed by atoms with Crippen LogP contribution in [0.3, 0.4) is 0 Å². The summed E-state index contributed by atoms with van der Waals surface area (Å²) in [6, 6.07) is 6.22. The number of carboxylic acid groups (broad SMARTS) is 1. The predicted molar refractivity (Wildman–Crippen MR) is 79.1 cm³/mol. The normalized spacial score (nSPS) is 21.0. The van der Waals surface area contributed by atoms with Crippen LogP contribution in [0.25, 0.3) is 0 Å². The second kappa shape index (κ2) is 6.29. The molecule has 1 aliphatic carbocycles. The molecule has 2 unspecified atom stereocenters. The summed E-state index contributed by atoms with van der Waals surface area (Å²) < 4.78 is 5.71. The highest BCUT2D eigenvalue weighted by atomic mass is 16.5. The molecule has 20 heavy (non-hydrogen) atoms. The first-order valence-corrected chi connectivity index (χ1v) is 7.42. The van der Waals surface area contributed by atoms with Crippen LogP contribution in [-0.2, 0) is 11.2 Å². The lowest BCUT2D eigenvalue weighted by Gasteiger charge is -2.11. The molecular weight excluding hydrogens is 252 g/mol. The zero-order valence-corrected chi connectivity index (χ0v) is 12.6. The standard InChI is InChI=1S/C17H24O3/c1-11(2)10-20-15-7-6-13(12(3)8-15)4-5-14-9-16(14)17(18)19/h6-8,11,14,16H,4-5,9-10H2,1-3H3,(H,18,19). The summed E-state index contributed by atoms with van der Waals surface area (Å²) in [7, 11) is 0. The maximum absolute atomic E-state index is 10.8. The van der Waals surface area contributed by atoms with Crippen LogP contribution in [0.4, 0.5) is 0 Å². The van der Waals surface area contributed by atoms with Gasteiger partial charge in [-0.05, 0) is 61.3 Å². The second-order valence-electron chi connectivity index (χ2n) is 6.27. The summed E-state index contributed by atoms with van der Waals surface area (Å²) >= 11 is 0. The number of hydrogen-bond donors (Lipinski definition) is 1. The van der Waals surface area contributed by atoms with Crippen molar-refractivity contribution >= 4 is 5.97 Å². The number of carboxylic acids is 1. The van der Waals surface area contributed by atoms with Crippen LogP contribution in [0.1, 0.15) is 37.8 Å². The molecule has 0 radical (unpaired) electrons. The van der Waals surface area contributed by atoms with Crippen LogP contribution < -0.4 is 4.74 Å². The van der Waals surface area contributed by atoms with E-state index in [0.717, 1.165) is 31.6 Å². The van der Waals surface area contributed by atoms with E-state index in [4.69, 9.17) is 9.84 Å². The fourth-order valence-corrected chi connectivity index (χ4v) is 2.51. The van der Waals surface area contributed by atoms with Crippen LogP contribution in [0.5, 0.6) is 5.75 Å². The van der Waals surface area contributed by atoms with Gasteiger partial charge in [0.1, 0.15) is 5.75 Å². The van der Waals surface area contributed by atoms with Crippen molar-refractivity contribution in [1.29, 1.82) is 0 Å². The van der Waals surface area contributed by atoms with Gasteiger partial charge >= 0.3 is 5.97 Å². The van der Waals surface area contributed by atoms with E-state index in [9.17, 15) is 4.79 Å². The topological polar surface area (TPSA) is 46.5 Å². The van der Waals surface area contributed by atoms with Crippen LogP contribution >= 0.6 is 0 Å². The van der Waals surface area contributed by atoms with E-state index in [1.807, 2.05) is 6.07 Å². The third-order valence-corrected chi connectivity index (χ3v) is 3.92. The SMILES string of the molecule is Cc1cc(OCC(C)C)ccc1CCC1CC1C(=O)O. The number of aliphatic carboxylic acids is 1. The predicted octanol–water partition coefficient (Wildman–Crippen LogP) is 3.68. The lowest BCUT2D eigenvalue weighted by Crippen LogP contribution is -2.05. The molecule has 1 N–H and O–H groups in total. The van der Waals surface area contributed by atoms with Crippen molar-refractivity contribution in [3.63, 3.8) is 0 Å². The van der Waals surface area contributed by atoms with Gasteiger partial charge in [0.15, 0.2) is 0 Å². The number of hydrogen-bond acceptors (Lipinski definition) is 2. The Balaban J connectivity index is 1.85. The molecule has 2 rings (SSSR count). The largest absolute Gasteiger partial charge is 0.493 e. The summed E-state index contributed by atoms with van der Waals surface area (Å²) in [6.45, 7) is 7.10. The maximum atomic E-state index is 10.8. The maximum Gasteiger partial charge on any atom is 0.306 e. The molecule has 0 amide bonds. The third kappa shape index (κ3) is 3.99. The van der Waals surface area contributed by atoms with E-state index < -0.39 is 5.97 Å². The Bertz CT molecular complexity index is 479. The fourth-order valence-electron chi connectivity index (χ4n) is 2.51. The van der Waals surface area contributed by atoms with Crippen molar-refractivity contribution in [3.8, 4) is 5.75 Å². The fraction of sp³-hybridized carbons (Fsp3) is 0.588. The van der Waals surface area contributed by atoms with E-state index in [-0.39, 0.29) is 5.92 Å². The highest BCUT2D eigenvalue weighted by Gasteiger charge is 2.42. The summed E-state index contributed by atoms with van der Waals surface area (Å²) in [4.78, 5) is 10.8. The molecule has 1 aliphatic rings. The highest BCUT2D eigenvalue weighted by molar-refractivity contribution is 5.73. The molecular formula is C17H24O3. The minimum Gasteiger partial charge on any atom is -0.493 e. The average Bonchev–Trinajstić information content (AvgIpc) is 3.15. The minimum absolute atomic E-state index is 0.0936. The molecule has 3 heteroatoms. The smallest absolute Gasteiger partial charge is 0.306 e. The molecule has 0 aliphatic heterocycles. The van der Waals surface area contributed by atoms with Crippen molar-refractivity contribution in [1.82, 2.24) is 0 Å². The number of rotatable bonds is 7. The molecule has 1 aromatic carbocycles. The van der Waals surface area contributed by atoms with Gasteiger partial charge in [-0.25, -0.2) is 0 Å². The molecule has 0 spiro atoms. The quantitative estimate of drug-likeness (QED) is 0.826. The van der Waals surface area contributed by atoms with E-state index in [1.54, 1.807) is 0 Å². The Kier molecular flexibility index (Phi) is 4.69. The first-order valence-electron chi connectivity index (χ1n) is 7.42. The van der Waals surface area contributed by atoms with Crippen LogP contribution in [0, 0.1) is 24.7 Å². The van der Waals surface area contributed by atoms with Crippen LogP contribution in [0.15, 0.2) is 18.2 Å². The van der Waals surface area contributed by atoms with E-state index >= 15 is 0 Å². The Morgan fingerprint density at radius 3 is 2.75 bits per heavy atom. The number of ether oxygens (including phenoxy) is 1. The van der Waals surface area contributed by atoms with Gasteiger partial charge in [0.2, 0.25) is 0 Å². The molecule has 0 heterocycles. The van der Waals surface area contributed by atoms with E-state index in [2.05, 4.69) is 32.9 Å². The summed E-state index contributed by atoms with van der Waals surface area (Å²) in [5.41, 5.74) is 2.54. The molecule has 2 atom stereocenters. The molecule has 0 bridgehead atoms. The number of carbonyl (C=O) groups is 1.